The predicted molar refractivity (Wildman–Crippen MR) is 76.8 cm³/mol. The van der Waals surface area contributed by atoms with Crippen molar-refractivity contribution >= 4 is 11.3 Å². The van der Waals surface area contributed by atoms with Gasteiger partial charge in [-0.25, -0.2) is 4.98 Å². The summed E-state index contributed by atoms with van der Waals surface area (Å²) >= 11 is 1.78. The lowest BCUT2D eigenvalue weighted by atomic mass is 10.1. The van der Waals surface area contributed by atoms with Crippen LogP contribution in [0.1, 0.15) is 37.0 Å². The Labute approximate surface area is 113 Å². The van der Waals surface area contributed by atoms with Crippen molar-refractivity contribution in [3.8, 4) is 0 Å². The van der Waals surface area contributed by atoms with Crippen molar-refractivity contribution in [3.63, 3.8) is 0 Å². The van der Waals surface area contributed by atoms with Gasteiger partial charge in [0.05, 0.1) is 0 Å². The van der Waals surface area contributed by atoms with E-state index in [1.54, 1.807) is 11.3 Å². The van der Waals surface area contributed by atoms with E-state index in [2.05, 4.69) is 46.2 Å². The maximum Gasteiger partial charge on any atom is 0.131 e. The van der Waals surface area contributed by atoms with E-state index >= 15 is 0 Å². The molecule has 98 valence electrons. The maximum atomic E-state index is 4.48. The lowest BCUT2D eigenvalue weighted by Crippen LogP contribution is -2.26. The van der Waals surface area contributed by atoms with E-state index in [0.717, 1.165) is 18.3 Å². The molecule has 1 atom stereocenters. The molecule has 0 radical (unpaired) electrons. The van der Waals surface area contributed by atoms with Crippen LogP contribution in [0.5, 0.6) is 0 Å². The molecule has 3 nitrogen and oxygen atoms in total. The largest absolute Gasteiger partial charge is 0.336 e. The molecule has 2 aromatic heterocycles. The van der Waals surface area contributed by atoms with Crippen LogP contribution in [0.2, 0.25) is 0 Å². The van der Waals surface area contributed by atoms with E-state index in [1.165, 1.54) is 11.3 Å². The SMILES string of the molecule is CC(C)CCNC(c1cccs1)c1nccn1C. The molecule has 0 amide bonds. The fourth-order valence-electron chi connectivity index (χ4n) is 1.95. The number of imidazole rings is 1. The zero-order valence-electron chi connectivity index (χ0n) is 11.3. The average Bonchev–Trinajstić information content (AvgIpc) is 2.96. The molecule has 0 saturated carbocycles. The zero-order chi connectivity index (χ0) is 13.0. The van der Waals surface area contributed by atoms with Gasteiger partial charge in [-0.05, 0) is 30.3 Å². The highest BCUT2D eigenvalue weighted by atomic mass is 32.1. The van der Waals surface area contributed by atoms with Crippen molar-refractivity contribution < 1.29 is 0 Å². The molecule has 18 heavy (non-hydrogen) atoms. The smallest absolute Gasteiger partial charge is 0.131 e. The van der Waals surface area contributed by atoms with Crippen LogP contribution in [0.15, 0.2) is 29.9 Å². The molecule has 2 aromatic rings. The third-order valence-corrected chi connectivity index (χ3v) is 3.95. The Bertz CT molecular complexity index is 459. The Hall–Kier alpha value is -1.13. The molecule has 2 rings (SSSR count). The third kappa shape index (κ3) is 3.21. The number of rotatable bonds is 6. The third-order valence-electron chi connectivity index (χ3n) is 3.01. The van der Waals surface area contributed by atoms with E-state index in [9.17, 15) is 0 Å². The van der Waals surface area contributed by atoms with Gasteiger partial charge in [0.15, 0.2) is 0 Å². The number of hydrogen-bond donors (Lipinski definition) is 1. The van der Waals surface area contributed by atoms with Crippen molar-refractivity contribution in [2.24, 2.45) is 13.0 Å². The van der Waals surface area contributed by atoms with Crippen LogP contribution in [0, 0.1) is 5.92 Å². The molecule has 0 aromatic carbocycles. The summed E-state index contributed by atoms with van der Waals surface area (Å²) in [5.74, 6) is 1.81. The van der Waals surface area contributed by atoms with Crippen molar-refractivity contribution in [1.82, 2.24) is 14.9 Å². The molecule has 0 spiro atoms. The minimum atomic E-state index is 0.212. The van der Waals surface area contributed by atoms with E-state index in [4.69, 9.17) is 0 Å². The first-order valence-corrected chi connectivity index (χ1v) is 7.30. The van der Waals surface area contributed by atoms with Gasteiger partial charge in [0.1, 0.15) is 11.9 Å². The first-order valence-electron chi connectivity index (χ1n) is 6.42. The second-order valence-electron chi connectivity index (χ2n) is 4.98. The molecule has 0 bridgehead atoms. The summed E-state index contributed by atoms with van der Waals surface area (Å²) in [6.07, 6.45) is 5.05. The lowest BCUT2D eigenvalue weighted by Gasteiger charge is -2.18. The van der Waals surface area contributed by atoms with Gasteiger partial charge < -0.3 is 9.88 Å². The average molecular weight is 263 g/mol. The number of nitrogens with zero attached hydrogens (tertiary/aromatic N) is 2. The summed E-state index contributed by atoms with van der Waals surface area (Å²) in [6.45, 7) is 5.53. The Morgan fingerprint density at radius 1 is 1.44 bits per heavy atom. The van der Waals surface area contributed by atoms with Gasteiger partial charge in [0.25, 0.3) is 0 Å². The molecule has 0 aliphatic heterocycles. The molecule has 4 heteroatoms. The molecule has 1 unspecified atom stereocenters. The molecular weight excluding hydrogens is 242 g/mol. The number of hydrogen-bond acceptors (Lipinski definition) is 3. The molecule has 0 aliphatic rings. The number of nitrogens with one attached hydrogen (secondary N) is 1. The topological polar surface area (TPSA) is 29.9 Å². The first kappa shape index (κ1) is 13.3. The molecule has 0 saturated heterocycles. The van der Waals surface area contributed by atoms with Gasteiger partial charge in [0.2, 0.25) is 0 Å². The van der Waals surface area contributed by atoms with E-state index in [1.807, 2.05) is 19.4 Å². The molecule has 2 heterocycles. The summed E-state index contributed by atoms with van der Waals surface area (Å²) in [5, 5.41) is 5.74. The van der Waals surface area contributed by atoms with Crippen molar-refractivity contribution in [2.45, 2.75) is 26.3 Å². The predicted octanol–water partition coefficient (Wildman–Crippen LogP) is 3.21. The minimum absolute atomic E-state index is 0.212. The summed E-state index contributed by atoms with van der Waals surface area (Å²) in [6, 6.07) is 4.48. The van der Waals surface area contributed by atoms with Crippen LogP contribution in [-0.2, 0) is 7.05 Å². The quantitative estimate of drug-likeness (QED) is 0.867. The number of thiophene rings is 1. The summed E-state index contributed by atoms with van der Waals surface area (Å²) in [5.41, 5.74) is 0. The van der Waals surface area contributed by atoms with Crippen molar-refractivity contribution in [1.29, 1.82) is 0 Å². The van der Waals surface area contributed by atoms with Gasteiger partial charge in [-0.15, -0.1) is 11.3 Å². The van der Waals surface area contributed by atoms with Crippen molar-refractivity contribution in [3.05, 3.63) is 40.6 Å². The van der Waals surface area contributed by atoms with Crippen LogP contribution in [0.4, 0.5) is 0 Å². The summed E-state index contributed by atoms with van der Waals surface area (Å²) in [4.78, 5) is 5.80. The van der Waals surface area contributed by atoms with E-state index < -0.39 is 0 Å². The van der Waals surface area contributed by atoms with Gasteiger partial charge in [0, 0.05) is 24.3 Å². The molecule has 0 fully saturated rings. The lowest BCUT2D eigenvalue weighted by molar-refractivity contribution is 0.497. The molecular formula is C14H21N3S. The standard InChI is InChI=1S/C14H21N3S/c1-11(2)6-7-15-13(12-5-4-10-18-12)14-16-8-9-17(14)3/h4-5,8-11,13,15H,6-7H2,1-3H3. The van der Waals surface area contributed by atoms with Gasteiger partial charge >= 0.3 is 0 Å². The second kappa shape index (κ2) is 6.16. The highest BCUT2D eigenvalue weighted by molar-refractivity contribution is 7.10. The summed E-state index contributed by atoms with van der Waals surface area (Å²) in [7, 11) is 2.05. The number of aryl methyl sites for hydroxylation is 1. The van der Waals surface area contributed by atoms with Crippen LogP contribution >= 0.6 is 11.3 Å². The maximum absolute atomic E-state index is 4.48. The Kier molecular flexibility index (Phi) is 4.55. The van der Waals surface area contributed by atoms with Gasteiger partial charge in [-0.1, -0.05) is 19.9 Å². The second-order valence-corrected chi connectivity index (χ2v) is 5.96. The summed E-state index contributed by atoms with van der Waals surface area (Å²) < 4.78 is 2.09. The van der Waals surface area contributed by atoms with Crippen molar-refractivity contribution in [2.75, 3.05) is 6.54 Å². The normalized spacial score (nSPS) is 13.1. The molecule has 0 aliphatic carbocycles. The van der Waals surface area contributed by atoms with Crippen LogP contribution in [0.25, 0.3) is 0 Å². The monoisotopic (exact) mass is 263 g/mol. The van der Waals surface area contributed by atoms with E-state index in [0.29, 0.717) is 0 Å². The van der Waals surface area contributed by atoms with Crippen LogP contribution in [-0.4, -0.2) is 16.1 Å². The highest BCUT2D eigenvalue weighted by Gasteiger charge is 2.18. The number of aromatic nitrogens is 2. The Morgan fingerprint density at radius 2 is 2.28 bits per heavy atom. The van der Waals surface area contributed by atoms with Crippen LogP contribution in [0.3, 0.4) is 0 Å². The minimum Gasteiger partial charge on any atom is -0.336 e. The van der Waals surface area contributed by atoms with E-state index in [-0.39, 0.29) is 6.04 Å². The fraction of sp³-hybridized carbons (Fsp3) is 0.500. The molecule has 1 N–H and O–H groups in total. The van der Waals surface area contributed by atoms with Gasteiger partial charge in [-0.2, -0.15) is 0 Å². The van der Waals surface area contributed by atoms with Gasteiger partial charge in [-0.3, -0.25) is 0 Å². The fourth-order valence-corrected chi connectivity index (χ4v) is 2.74. The Morgan fingerprint density at radius 3 is 2.83 bits per heavy atom. The first-order chi connectivity index (χ1) is 8.68. The van der Waals surface area contributed by atoms with Crippen LogP contribution < -0.4 is 5.32 Å². The zero-order valence-corrected chi connectivity index (χ0v) is 12.1. The highest BCUT2D eigenvalue weighted by Crippen LogP contribution is 2.24. The Balaban J connectivity index is 2.12.